The number of hydrogen-bond acceptors (Lipinski definition) is 7. The molecule has 0 radical (unpaired) electrons. The lowest BCUT2D eigenvalue weighted by Gasteiger charge is -2.31. The topological polar surface area (TPSA) is 65.5 Å². The smallest absolute Gasteiger partial charge is 0.416 e. The predicted octanol–water partition coefficient (Wildman–Crippen LogP) is 6.44. The molecule has 0 unspecified atom stereocenters. The molecule has 0 aliphatic carbocycles. The van der Waals surface area contributed by atoms with Crippen LogP contribution in [-0.4, -0.2) is 72.7 Å². The highest BCUT2D eigenvalue weighted by Crippen LogP contribution is 2.31. The Hall–Kier alpha value is -3.47. The molecule has 7 nitrogen and oxygen atoms in total. The Morgan fingerprint density at radius 1 is 1.00 bits per heavy atom. The molecule has 2 aromatic heterocycles. The molecule has 0 amide bonds. The number of hydrogen-bond donors (Lipinski definition) is 2. The molecule has 2 N–H and O–H groups in total. The number of ether oxygens (including phenoxy) is 1. The average molecular weight is 611 g/mol. The summed E-state index contributed by atoms with van der Waals surface area (Å²) in [6, 6.07) is 11.6. The van der Waals surface area contributed by atoms with Crippen LogP contribution in [0.1, 0.15) is 60.1 Å². The lowest BCUT2D eigenvalue weighted by Crippen LogP contribution is -2.34. The van der Waals surface area contributed by atoms with Crippen LogP contribution in [0.4, 0.5) is 18.9 Å². The lowest BCUT2D eigenvalue weighted by molar-refractivity contribution is -0.137. The van der Waals surface area contributed by atoms with Crippen molar-refractivity contribution in [3.8, 4) is 5.88 Å². The Kier molecular flexibility index (Phi) is 12.6. The Balaban J connectivity index is 1.17. The number of anilines is 1. The number of halogens is 3. The number of alkyl halides is 3. The zero-order chi connectivity index (χ0) is 31.4. The number of nitrogens with zero attached hydrogens (tertiary/aromatic N) is 4. The second-order valence-electron chi connectivity index (χ2n) is 11.3. The first kappa shape index (κ1) is 33.4. The van der Waals surface area contributed by atoms with Crippen molar-refractivity contribution in [2.75, 3.05) is 58.2 Å². The SMILES string of the molecule is C=Cc1cc(C2CCN(Cc3ccc(OC)nc3)CC2)ncc1NCCNCCN(CCC)Cc1ccc(C(F)(F)F)cc1. The first-order valence-corrected chi connectivity index (χ1v) is 15.5. The molecular weight excluding hydrogens is 565 g/mol. The minimum Gasteiger partial charge on any atom is -0.481 e. The molecule has 238 valence electrons. The Bertz CT molecular complexity index is 1290. The van der Waals surface area contributed by atoms with Gasteiger partial charge in [-0.15, -0.1) is 0 Å². The molecular formula is C34H45F3N6O. The van der Waals surface area contributed by atoms with E-state index in [1.54, 1.807) is 19.2 Å². The lowest BCUT2D eigenvalue weighted by atomic mass is 9.92. The minimum absolute atomic E-state index is 0.434. The van der Waals surface area contributed by atoms with Crippen LogP contribution in [0.5, 0.6) is 5.88 Å². The van der Waals surface area contributed by atoms with E-state index in [-0.39, 0.29) is 0 Å². The fourth-order valence-electron chi connectivity index (χ4n) is 5.59. The van der Waals surface area contributed by atoms with E-state index < -0.39 is 11.7 Å². The van der Waals surface area contributed by atoms with Crippen molar-refractivity contribution in [1.82, 2.24) is 25.1 Å². The number of likely N-dealkylation sites (tertiary alicyclic amines) is 1. The van der Waals surface area contributed by atoms with Crippen LogP contribution < -0.4 is 15.4 Å². The van der Waals surface area contributed by atoms with E-state index in [0.29, 0.717) is 18.3 Å². The van der Waals surface area contributed by atoms with E-state index in [4.69, 9.17) is 9.72 Å². The highest BCUT2D eigenvalue weighted by Gasteiger charge is 2.30. The van der Waals surface area contributed by atoms with Crippen molar-refractivity contribution in [1.29, 1.82) is 0 Å². The van der Waals surface area contributed by atoms with Crippen molar-refractivity contribution < 1.29 is 17.9 Å². The van der Waals surface area contributed by atoms with Crippen molar-refractivity contribution in [3.05, 3.63) is 89.4 Å². The number of benzene rings is 1. The Morgan fingerprint density at radius 2 is 1.75 bits per heavy atom. The van der Waals surface area contributed by atoms with Gasteiger partial charge in [-0.05, 0) is 68.2 Å². The highest BCUT2D eigenvalue weighted by molar-refractivity contribution is 5.65. The molecule has 44 heavy (non-hydrogen) atoms. The molecule has 0 saturated carbocycles. The van der Waals surface area contributed by atoms with Crippen LogP contribution >= 0.6 is 0 Å². The third-order valence-electron chi connectivity index (χ3n) is 8.05. The summed E-state index contributed by atoms with van der Waals surface area (Å²) in [4.78, 5) is 13.9. The summed E-state index contributed by atoms with van der Waals surface area (Å²) in [5.41, 5.74) is 4.63. The van der Waals surface area contributed by atoms with Crippen LogP contribution in [0.2, 0.25) is 0 Å². The van der Waals surface area contributed by atoms with Crippen LogP contribution in [-0.2, 0) is 19.3 Å². The van der Waals surface area contributed by atoms with E-state index in [2.05, 4.69) is 51.1 Å². The molecule has 3 aromatic rings. The molecule has 0 bridgehead atoms. The highest BCUT2D eigenvalue weighted by atomic mass is 19.4. The molecule has 1 aliphatic rings. The van der Waals surface area contributed by atoms with Gasteiger partial charge in [0, 0.05) is 68.7 Å². The standard InChI is InChI=1S/C34H45F3N6O/c1-4-17-42(24-26-6-9-30(10-7-26)34(35,36)37)20-16-38-14-15-39-32-23-40-31(21-28(32)5-2)29-12-18-43(19-13-29)25-27-8-11-33(44-3)41-22-27/h5-11,21-23,29,38-39H,2,4,12-20,24-25H2,1,3H3. The number of aromatic nitrogens is 2. The fraction of sp³-hybridized carbons (Fsp3) is 0.471. The minimum atomic E-state index is -4.31. The molecule has 1 aromatic carbocycles. The van der Waals surface area contributed by atoms with Crippen molar-refractivity contribution >= 4 is 11.8 Å². The van der Waals surface area contributed by atoms with Crippen LogP contribution in [0, 0.1) is 0 Å². The van der Waals surface area contributed by atoms with E-state index >= 15 is 0 Å². The maximum atomic E-state index is 12.9. The first-order chi connectivity index (χ1) is 21.3. The van der Waals surface area contributed by atoms with Gasteiger partial charge in [0.15, 0.2) is 0 Å². The number of nitrogens with one attached hydrogen (secondary N) is 2. The van der Waals surface area contributed by atoms with E-state index in [1.165, 1.54) is 5.56 Å². The van der Waals surface area contributed by atoms with Gasteiger partial charge in [-0.2, -0.15) is 13.2 Å². The van der Waals surface area contributed by atoms with Gasteiger partial charge in [0.25, 0.3) is 0 Å². The maximum Gasteiger partial charge on any atom is 0.416 e. The second-order valence-corrected chi connectivity index (χ2v) is 11.3. The quantitative estimate of drug-likeness (QED) is 0.181. The summed E-state index contributed by atoms with van der Waals surface area (Å²) < 4.78 is 43.7. The van der Waals surface area contributed by atoms with Crippen molar-refractivity contribution in [3.63, 3.8) is 0 Å². The second kappa shape index (κ2) is 16.6. The third kappa shape index (κ3) is 10.0. The predicted molar refractivity (Wildman–Crippen MR) is 171 cm³/mol. The van der Waals surface area contributed by atoms with Gasteiger partial charge in [-0.25, -0.2) is 4.98 Å². The van der Waals surface area contributed by atoms with E-state index in [0.717, 1.165) is 106 Å². The van der Waals surface area contributed by atoms with Gasteiger partial charge < -0.3 is 15.4 Å². The number of rotatable bonds is 16. The van der Waals surface area contributed by atoms with Gasteiger partial charge in [0.1, 0.15) is 0 Å². The molecule has 10 heteroatoms. The maximum absolute atomic E-state index is 12.9. The van der Waals surface area contributed by atoms with Crippen LogP contribution in [0.3, 0.4) is 0 Å². The molecule has 1 aliphatic heterocycles. The zero-order valence-corrected chi connectivity index (χ0v) is 25.9. The van der Waals surface area contributed by atoms with Crippen LogP contribution in [0.15, 0.2) is 61.4 Å². The monoisotopic (exact) mass is 610 g/mol. The molecule has 0 spiro atoms. The summed E-state index contributed by atoms with van der Waals surface area (Å²) in [6.07, 6.45) is 4.51. The van der Waals surface area contributed by atoms with Gasteiger partial charge in [0.2, 0.25) is 5.88 Å². The molecule has 1 fully saturated rings. The van der Waals surface area contributed by atoms with Gasteiger partial charge in [-0.3, -0.25) is 14.8 Å². The van der Waals surface area contributed by atoms with Crippen molar-refractivity contribution in [2.45, 2.75) is 51.4 Å². The molecule has 3 heterocycles. The summed E-state index contributed by atoms with van der Waals surface area (Å²) >= 11 is 0. The van der Waals surface area contributed by atoms with Gasteiger partial charge in [0.05, 0.1) is 24.6 Å². The Labute approximate surface area is 259 Å². The third-order valence-corrected chi connectivity index (χ3v) is 8.05. The molecule has 4 rings (SSSR count). The zero-order valence-electron chi connectivity index (χ0n) is 25.9. The number of pyridine rings is 2. The van der Waals surface area contributed by atoms with Gasteiger partial charge >= 0.3 is 6.18 Å². The van der Waals surface area contributed by atoms with Gasteiger partial charge in [-0.1, -0.05) is 37.8 Å². The Morgan fingerprint density at radius 3 is 2.39 bits per heavy atom. The molecule has 0 atom stereocenters. The summed E-state index contributed by atoms with van der Waals surface area (Å²) in [5, 5.41) is 6.96. The largest absolute Gasteiger partial charge is 0.481 e. The van der Waals surface area contributed by atoms with Crippen LogP contribution in [0.25, 0.3) is 6.08 Å². The van der Waals surface area contributed by atoms with Crippen molar-refractivity contribution in [2.24, 2.45) is 0 Å². The summed E-state index contributed by atoms with van der Waals surface area (Å²) in [5.74, 6) is 1.07. The fourth-order valence-corrected chi connectivity index (χ4v) is 5.59. The normalized spacial score (nSPS) is 14.6. The summed E-state index contributed by atoms with van der Waals surface area (Å²) in [7, 11) is 1.63. The molecule has 1 saturated heterocycles. The number of methoxy groups -OCH3 is 1. The number of piperidine rings is 1. The van der Waals surface area contributed by atoms with E-state index in [1.807, 2.05) is 24.5 Å². The van der Waals surface area contributed by atoms with E-state index in [9.17, 15) is 13.2 Å². The average Bonchev–Trinajstić information content (AvgIpc) is 3.03. The first-order valence-electron chi connectivity index (χ1n) is 15.5. The summed E-state index contributed by atoms with van der Waals surface area (Å²) in [6.45, 7) is 13.7.